The summed E-state index contributed by atoms with van der Waals surface area (Å²) in [5.74, 6) is 0.286. The van der Waals surface area contributed by atoms with Gasteiger partial charge in [-0.3, -0.25) is 4.90 Å². The van der Waals surface area contributed by atoms with Gasteiger partial charge in [0.25, 0.3) is 0 Å². The summed E-state index contributed by atoms with van der Waals surface area (Å²) in [6, 6.07) is 0. The summed E-state index contributed by atoms with van der Waals surface area (Å²) >= 11 is 0. The predicted octanol–water partition coefficient (Wildman–Crippen LogP) is 2.18. The van der Waals surface area contributed by atoms with Crippen molar-refractivity contribution >= 4 is 9.84 Å². The molecule has 0 amide bonds. The second-order valence-corrected chi connectivity index (χ2v) is 8.57. The van der Waals surface area contributed by atoms with E-state index in [1.807, 2.05) is 0 Å². The molecule has 1 saturated carbocycles. The largest absolute Gasteiger partial charge is 0.329 e. The molecule has 1 rings (SSSR count). The van der Waals surface area contributed by atoms with Crippen molar-refractivity contribution in [1.29, 1.82) is 0 Å². The predicted molar refractivity (Wildman–Crippen MR) is 85.7 cm³/mol. The number of hydrogen-bond acceptors (Lipinski definition) is 4. The lowest BCUT2D eigenvalue weighted by Crippen LogP contribution is -2.54. The second kappa shape index (κ2) is 8.35. The zero-order chi connectivity index (χ0) is 15.1. The Hall–Kier alpha value is -0.130. The Morgan fingerprint density at radius 2 is 1.70 bits per heavy atom. The molecule has 120 valence electrons. The highest BCUT2D eigenvalue weighted by Crippen LogP contribution is 2.32. The minimum Gasteiger partial charge on any atom is -0.329 e. The Balaban J connectivity index is 2.69. The molecule has 20 heavy (non-hydrogen) atoms. The molecule has 0 atom stereocenters. The lowest BCUT2D eigenvalue weighted by Gasteiger charge is -2.43. The fourth-order valence-electron chi connectivity index (χ4n) is 3.41. The van der Waals surface area contributed by atoms with Crippen LogP contribution >= 0.6 is 0 Å². The molecule has 1 aliphatic rings. The maximum absolute atomic E-state index is 11.3. The summed E-state index contributed by atoms with van der Waals surface area (Å²) in [4.78, 5) is 2.49. The number of nitrogens with two attached hydrogens (primary N) is 1. The standard InChI is InChI=1S/C15H32N2O2S/c1-3-11-17(12-8-13-20(2,18)19)15(14-16)9-6-4-5-7-10-15/h3-14,16H2,1-2H3. The molecule has 0 aliphatic heterocycles. The van der Waals surface area contributed by atoms with Gasteiger partial charge in [0.15, 0.2) is 0 Å². The van der Waals surface area contributed by atoms with Gasteiger partial charge in [0.2, 0.25) is 0 Å². The Labute approximate surface area is 125 Å². The molecule has 0 saturated heterocycles. The van der Waals surface area contributed by atoms with E-state index in [9.17, 15) is 8.42 Å². The molecular weight excluding hydrogens is 272 g/mol. The molecule has 2 N–H and O–H groups in total. The molecule has 0 spiro atoms. The van der Waals surface area contributed by atoms with Gasteiger partial charge in [-0.2, -0.15) is 0 Å². The average Bonchev–Trinajstić information content (AvgIpc) is 2.62. The molecular formula is C15H32N2O2S. The van der Waals surface area contributed by atoms with Gasteiger partial charge < -0.3 is 5.73 Å². The molecule has 0 heterocycles. The van der Waals surface area contributed by atoms with E-state index >= 15 is 0 Å². The summed E-state index contributed by atoms with van der Waals surface area (Å²) in [6.45, 7) is 4.77. The summed E-state index contributed by atoms with van der Waals surface area (Å²) in [5, 5.41) is 0. The van der Waals surface area contributed by atoms with Crippen molar-refractivity contribution in [3.8, 4) is 0 Å². The lowest BCUT2D eigenvalue weighted by atomic mass is 9.87. The average molecular weight is 305 g/mol. The first-order valence-electron chi connectivity index (χ1n) is 8.06. The van der Waals surface area contributed by atoms with Crippen LogP contribution in [0, 0.1) is 0 Å². The number of rotatable bonds is 8. The van der Waals surface area contributed by atoms with Crippen LogP contribution in [0.2, 0.25) is 0 Å². The third-order valence-corrected chi connectivity index (χ3v) is 5.55. The van der Waals surface area contributed by atoms with E-state index in [1.165, 1.54) is 44.8 Å². The highest BCUT2D eigenvalue weighted by Gasteiger charge is 2.35. The van der Waals surface area contributed by atoms with E-state index in [1.54, 1.807) is 0 Å². The van der Waals surface area contributed by atoms with Crippen LogP contribution in [-0.2, 0) is 9.84 Å². The van der Waals surface area contributed by atoms with Crippen LogP contribution in [-0.4, -0.2) is 50.5 Å². The van der Waals surface area contributed by atoms with E-state index in [0.29, 0.717) is 6.54 Å². The Bertz CT molecular complexity index is 360. The van der Waals surface area contributed by atoms with Gasteiger partial charge in [0, 0.05) is 18.3 Å². The molecule has 0 aromatic carbocycles. The van der Waals surface area contributed by atoms with Crippen LogP contribution in [0.4, 0.5) is 0 Å². The van der Waals surface area contributed by atoms with Crippen LogP contribution < -0.4 is 5.73 Å². The number of nitrogens with zero attached hydrogens (tertiary/aromatic N) is 1. The fourth-order valence-corrected chi connectivity index (χ4v) is 4.06. The first-order valence-corrected chi connectivity index (χ1v) is 10.1. The van der Waals surface area contributed by atoms with Crippen molar-refractivity contribution < 1.29 is 8.42 Å². The monoisotopic (exact) mass is 304 g/mol. The summed E-state index contributed by atoms with van der Waals surface area (Å²) in [5.41, 5.74) is 6.25. The fraction of sp³-hybridized carbons (Fsp3) is 1.00. The van der Waals surface area contributed by atoms with Crippen LogP contribution in [0.3, 0.4) is 0 Å². The summed E-state index contributed by atoms with van der Waals surface area (Å²) < 4.78 is 22.6. The second-order valence-electron chi connectivity index (χ2n) is 6.31. The van der Waals surface area contributed by atoms with Crippen LogP contribution in [0.5, 0.6) is 0 Å². The molecule has 1 aliphatic carbocycles. The first kappa shape index (κ1) is 17.9. The summed E-state index contributed by atoms with van der Waals surface area (Å²) in [6.07, 6.45) is 10.6. The zero-order valence-electron chi connectivity index (χ0n) is 13.2. The minimum absolute atomic E-state index is 0.115. The van der Waals surface area contributed by atoms with Gasteiger partial charge in [0.1, 0.15) is 9.84 Å². The van der Waals surface area contributed by atoms with E-state index in [2.05, 4.69) is 11.8 Å². The van der Waals surface area contributed by atoms with Crippen LogP contribution in [0.1, 0.15) is 58.3 Å². The maximum Gasteiger partial charge on any atom is 0.147 e. The summed E-state index contributed by atoms with van der Waals surface area (Å²) in [7, 11) is -2.86. The highest BCUT2D eigenvalue weighted by molar-refractivity contribution is 7.90. The quantitative estimate of drug-likeness (QED) is 0.698. The van der Waals surface area contributed by atoms with E-state index in [-0.39, 0.29) is 11.3 Å². The van der Waals surface area contributed by atoms with Gasteiger partial charge in [-0.15, -0.1) is 0 Å². The minimum atomic E-state index is -2.86. The highest BCUT2D eigenvalue weighted by atomic mass is 32.2. The third-order valence-electron chi connectivity index (χ3n) is 4.52. The molecule has 4 nitrogen and oxygen atoms in total. The normalized spacial score (nSPS) is 20.0. The van der Waals surface area contributed by atoms with Gasteiger partial charge in [-0.05, 0) is 38.8 Å². The first-order chi connectivity index (χ1) is 9.43. The molecule has 1 fully saturated rings. The van der Waals surface area contributed by atoms with Crippen molar-refractivity contribution in [2.45, 2.75) is 63.8 Å². The van der Waals surface area contributed by atoms with Crippen molar-refractivity contribution in [3.05, 3.63) is 0 Å². The van der Waals surface area contributed by atoms with E-state index in [0.717, 1.165) is 25.9 Å². The Morgan fingerprint density at radius 1 is 1.10 bits per heavy atom. The zero-order valence-corrected chi connectivity index (χ0v) is 14.1. The molecule has 0 radical (unpaired) electrons. The van der Waals surface area contributed by atoms with E-state index in [4.69, 9.17) is 5.73 Å². The van der Waals surface area contributed by atoms with Gasteiger partial charge in [-0.25, -0.2) is 8.42 Å². The third kappa shape index (κ3) is 5.70. The smallest absolute Gasteiger partial charge is 0.147 e. The molecule has 0 bridgehead atoms. The number of hydrogen-bond donors (Lipinski definition) is 1. The Kier molecular flexibility index (Phi) is 7.48. The topological polar surface area (TPSA) is 63.4 Å². The maximum atomic E-state index is 11.3. The van der Waals surface area contributed by atoms with Gasteiger partial charge in [-0.1, -0.05) is 32.6 Å². The van der Waals surface area contributed by atoms with Crippen LogP contribution in [0.15, 0.2) is 0 Å². The molecule has 5 heteroatoms. The van der Waals surface area contributed by atoms with Crippen molar-refractivity contribution in [2.24, 2.45) is 5.73 Å². The molecule has 0 aromatic heterocycles. The van der Waals surface area contributed by atoms with E-state index < -0.39 is 9.84 Å². The SMILES string of the molecule is CCCN(CCCS(C)(=O)=O)C1(CN)CCCCCC1. The van der Waals surface area contributed by atoms with Gasteiger partial charge in [0.05, 0.1) is 5.75 Å². The molecule has 0 aromatic rings. The van der Waals surface area contributed by atoms with Gasteiger partial charge >= 0.3 is 0 Å². The Morgan fingerprint density at radius 3 is 2.15 bits per heavy atom. The molecule has 0 unspecified atom stereocenters. The van der Waals surface area contributed by atoms with Crippen molar-refractivity contribution in [1.82, 2.24) is 4.90 Å². The van der Waals surface area contributed by atoms with Crippen molar-refractivity contribution in [2.75, 3.05) is 31.6 Å². The van der Waals surface area contributed by atoms with Crippen LogP contribution in [0.25, 0.3) is 0 Å². The lowest BCUT2D eigenvalue weighted by molar-refractivity contribution is 0.0778. The number of sulfone groups is 1. The van der Waals surface area contributed by atoms with Crippen molar-refractivity contribution in [3.63, 3.8) is 0 Å².